The van der Waals surface area contributed by atoms with Crippen molar-refractivity contribution in [2.24, 2.45) is 5.92 Å². The molecule has 0 atom stereocenters. The van der Waals surface area contributed by atoms with E-state index in [2.05, 4.69) is 19.1 Å². The van der Waals surface area contributed by atoms with Crippen LogP contribution in [0, 0.1) is 12.8 Å². The molecule has 0 saturated carbocycles. The van der Waals surface area contributed by atoms with Crippen LogP contribution in [0.25, 0.3) is 0 Å². The van der Waals surface area contributed by atoms with Crippen molar-refractivity contribution in [3.8, 4) is 5.75 Å². The zero-order valence-electron chi connectivity index (χ0n) is 12.0. The van der Waals surface area contributed by atoms with E-state index >= 15 is 0 Å². The van der Waals surface area contributed by atoms with Gasteiger partial charge in [0.05, 0.1) is 6.61 Å². The second kappa shape index (κ2) is 7.20. The van der Waals surface area contributed by atoms with E-state index in [0.29, 0.717) is 18.8 Å². The fraction of sp³-hybridized carbons (Fsp3) is 0.562. The van der Waals surface area contributed by atoms with Crippen LogP contribution in [0.1, 0.15) is 44.7 Å². The molecule has 0 radical (unpaired) electrons. The third kappa shape index (κ3) is 4.52. The first-order valence-electron chi connectivity index (χ1n) is 6.79. The van der Waals surface area contributed by atoms with Crippen LogP contribution in [-0.2, 0) is 11.2 Å². The Morgan fingerprint density at radius 1 is 1.33 bits per heavy atom. The van der Waals surface area contributed by atoms with E-state index in [4.69, 9.17) is 4.74 Å². The van der Waals surface area contributed by atoms with Crippen LogP contribution in [0.5, 0.6) is 5.75 Å². The van der Waals surface area contributed by atoms with Gasteiger partial charge in [0.1, 0.15) is 11.5 Å². The molecular formula is C16H24O2. The van der Waals surface area contributed by atoms with E-state index in [1.807, 2.05) is 26.8 Å². The lowest BCUT2D eigenvalue weighted by atomic mass is 9.98. The number of hydrogen-bond donors (Lipinski definition) is 0. The van der Waals surface area contributed by atoms with E-state index in [1.54, 1.807) is 0 Å². The molecule has 0 aliphatic heterocycles. The molecule has 2 heteroatoms. The van der Waals surface area contributed by atoms with Crippen LogP contribution in [0.2, 0.25) is 0 Å². The van der Waals surface area contributed by atoms with Crippen molar-refractivity contribution in [2.75, 3.05) is 6.61 Å². The molecule has 0 aliphatic rings. The van der Waals surface area contributed by atoms with E-state index in [0.717, 1.165) is 18.6 Å². The fourth-order valence-corrected chi connectivity index (χ4v) is 1.95. The summed E-state index contributed by atoms with van der Waals surface area (Å²) in [4.78, 5) is 11.5. The van der Waals surface area contributed by atoms with Crippen molar-refractivity contribution in [1.29, 1.82) is 0 Å². The Balaban J connectivity index is 2.50. The average molecular weight is 248 g/mol. The molecule has 1 aromatic carbocycles. The lowest BCUT2D eigenvalue weighted by Gasteiger charge is -2.09. The van der Waals surface area contributed by atoms with Crippen LogP contribution < -0.4 is 4.74 Å². The van der Waals surface area contributed by atoms with Gasteiger partial charge >= 0.3 is 0 Å². The summed E-state index contributed by atoms with van der Waals surface area (Å²) in [6.07, 6.45) is 2.59. The molecule has 100 valence electrons. The number of benzene rings is 1. The third-order valence-corrected chi connectivity index (χ3v) is 3.14. The predicted octanol–water partition coefficient (Wildman–Crippen LogP) is 3.94. The highest BCUT2D eigenvalue weighted by Gasteiger charge is 2.07. The van der Waals surface area contributed by atoms with E-state index in [9.17, 15) is 4.79 Å². The van der Waals surface area contributed by atoms with Gasteiger partial charge in [-0.15, -0.1) is 0 Å². The van der Waals surface area contributed by atoms with Crippen LogP contribution in [0.4, 0.5) is 0 Å². The average Bonchev–Trinajstić information content (AvgIpc) is 2.32. The van der Waals surface area contributed by atoms with E-state index in [-0.39, 0.29) is 5.92 Å². The summed E-state index contributed by atoms with van der Waals surface area (Å²) >= 11 is 0. The minimum absolute atomic E-state index is 0.159. The molecule has 0 N–H and O–H groups in total. The molecule has 1 aromatic rings. The predicted molar refractivity (Wildman–Crippen MR) is 75.1 cm³/mol. The van der Waals surface area contributed by atoms with Crippen LogP contribution in [0.15, 0.2) is 18.2 Å². The van der Waals surface area contributed by atoms with Gasteiger partial charge in [-0.1, -0.05) is 19.9 Å². The number of hydrogen-bond acceptors (Lipinski definition) is 2. The molecule has 0 heterocycles. The maximum absolute atomic E-state index is 11.5. The molecule has 0 spiro atoms. The minimum atomic E-state index is 0.159. The summed E-state index contributed by atoms with van der Waals surface area (Å²) in [5, 5.41) is 0. The normalized spacial score (nSPS) is 10.7. The standard InChI is InChI=1S/C16H24O2/c1-5-18-15-10-9-14(13(4)11-15)7-6-8-16(17)12(2)3/h9-12H,5-8H2,1-4H3. The second-order valence-electron chi connectivity index (χ2n) is 5.00. The number of aryl methyl sites for hydroxylation is 2. The fourth-order valence-electron chi connectivity index (χ4n) is 1.95. The molecule has 0 aliphatic carbocycles. The summed E-state index contributed by atoms with van der Waals surface area (Å²) in [5.74, 6) is 1.45. The van der Waals surface area contributed by atoms with Gasteiger partial charge in [0.2, 0.25) is 0 Å². The maximum Gasteiger partial charge on any atom is 0.135 e. The molecular weight excluding hydrogens is 224 g/mol. The van der Waals surface area contributed by atoms with Crippen LogP contribution >= 0.6 is 0 Å². The Kier molecular flexibility index (Phi) is 5.90. The number of ketones is 1. The Hall–Kier alpha value is -1.31. The molecule has 0 fully saturated rings. The molecule has 0 saturated heterocycles. The minimum Gasteiger partial charge on any atom is -0.494 e. The van der Waals surface area contributed by atoms with Gasteiger partial charge in [-0.05, 0) is 49.9 Å². The number of Topliss-reactive ketones (excluding diaryl/α,β-unsaturated/α-hetero) is 1. The van der Waals surface area contributed by atoms with Gasteiger partial charge < -0.3 is 4.74 Å². The van der Waals surface area contributed by atoms with E-state index in [1.165, 1.54) is 11.1 Å². The Bertz CT molecular complexity index is 394. The Morgan fingerprint density at radius 2 is 2.06 bits per heavy atom. The lowest BCUT2D eigenvalue weighted by molar-refractivity contribution is -0.121. The molecule has 0 amide bonds. The summed E-state index contributed by atoms with van der Waals surface area (Å²) < 4.78 is 5.46. The molecule has 0 unspecified atom stereocenters. The number of rotatable bonds is 7. The number of carbonyl (C=O) groups is 1. The van der Waals surface area contributed by atoms with Crippen LogP contribution in [-0.4, -0.2) is 12.4 Å². The molecule has 18 heavy (non-hydrogen) atoms. The third-order valence-electron chi connectivity index (χ3n) is 3.14. The van der Waals surface area contributed by atoms with Gasteiger partial charge in [-0.3, -0.25) is 4.79 Å². The largest absolute Gasteiger partial charge is 0.494 e. The molecule has 2 nitrogen and oxygen atoms in total. The first-order chi connectivity index (χ1) is 8.54. The van der Waals surface area contributed by atoms with Gasteiger partial charge in [-0.2, -0.15) is 0 Å². The van der Waals surface area contributed by atoms with Gasteiger partial charge in [0, 0.05) is 12.3 Å². The highest BCUT2D eigenvalue weighted by Crippen LogP contribution is 2.19. The zero-order chi connectivity index (χ0) is 13.5. The Morgan fingerprint density at radius 3 is 2.61 bits per heavy atom. The highest BCUT2D eigenvalue weighted by atomic mass is 16.5. The van der Waals surface area contributed by atoms with Crippen molar-refractivity contribution in [1.82, 2.24) is 0 Å². The quantitative estimate of drug-likeness (QED) is 0.730. The van der Waals surface area contributed by atoms with Crippen molar-refractivity contribution in [3.63, 3.8) is 0 Å². The molecule has 0 aromatic heterocycles. The van der Waals surface area contributed by atoms with Gasteiger partial charge in [0.25, 0.3) is 0 Å². The number of ether oxygens (including phenoxy) is 1. The monoisotopic (exact) mass is 248 g/mol. The first-order valence-corrected chi connectivity index (χ1v) is 6.79. The summed E-state index contributed by atoms with van der Waals surface area (Å²) in [6.45, 7) is 8.71. The van der Waals surface area contributed by atoms with Crippen LogP contribution in [0.3, 0.4) is 0 Å². The Labute approximate surface area is 110 Å². The van der Waals surface area contributed by atoms with Crippen molar-refractivity contribution in [3.05, 3.63) is 29.3 Å². The number of carbonyl (C=O) groups excluding carboxylic acids is 1. The van der Waals surface area contributed by atoms with Gasteiger partial charge in [-0.25, -0.2) is 0 Å². The lowest BCUT2D eigenvalue weighted by Crippen LogP contribution is -2.07. The summed E-state index contributed by atoms with van der Waals surface area (Å²) in [7, 11) is 0. The second-order valence-corrected chi connectivity index (χ2v) is 5.00. The molecule has 1 rings (SSSR count). The highest BCUT2D eigenvalue weighted by molar-refractivity contribution is 5.80. The SMILES string of the molecule is CCOc1ccc(CCCC(=O)C(C)C)c(C)c1. The van der Waals surface area contributed by atoms with E-state index < -0.39 is 0 Å². The topological polar surface area (TPSA) is 26.3 Å². The van der Waals surface area contributed by atoms with Crippen molar-refractivity contribution in [2.45, 2.75) is 47.0 Å². The summed E-state index contributed by atoms with van der Waals surface area (Å²) in [6, 6.07) is 6.19. The summed E-state index contributed by atoms with van der Waals surface area (Å²) in [5.41, 5.74) is 2.56. The first kappa shape index (κ1) is 14.7. The van der Waals surface area contributed by atoms with Gasteiger partial charge in [0.15, 0.2) is 0 Å². The maximum atomic E-state index is 11.5. The molecule has 0 bridgehead atoms. The van der Waals surface area contributed by atoms with Crippen molar-refractivity contribution >= 4 is 5.78 Å². The zero-order valence-corrected chi connectivity index (χ0v) is 12.0. The van der Waals surface area contributed by atoms with Crippen molar-refractivity contribution < 1.29 is 9.53 Å². The smallest absolute Gasteiger partial charge is 0.135 e.